The van der Waals surface area contributed by atoms with Gasteiger partial charge in [0.15, 0.2) is 0 Å². The number of amides is 2. The fourth-order valence-corrected chi connectivity index (χ4v) is 5.04. The molecule has 0 spiro atoms. The predicted octanol–water partition coefficient (Wildman–Crippen LogP) is 4.23. The molecule has 38 heavy (non-hydrogen) atoms. The van der Waals surface area contributed by atoms with Crippen molar-refractivity contribution in [3.8, 4) is 11.1 Å². The number of esters is 1. The van der Waals surface area contributed by atoms with Crippen LogP contribution in [0.3, 0.4) is 0 Å². The Hall–Kier alpha value is -4.17. The third kappa shape index (κ3) is 5.86. The molecule has 8 nitrogen and oxygen atoms in total. The van der Waals surface area contributed by atoms with Gasteiger partial charge >= 0.3 is 12.1 Å². The number of fused-ring (bicyclic) bond motifs is 3. The van der Waals surface area contributed by atoms with Gasteiger partial charge in [0.2, 0.25) is 5.91 Å². The van der Waals surface area contributed by atoms with Gasteiger partial charge in [-0.15, -0.1) is 0 Å². The first-order valence-corrected chi connectivity index (χ1v) is 12.8. The van der Waals surface area contributed by atoms with Crippen LogP contribution < -0.4 is 5.32 Å². The molecule has 3 aromatic rings. The first-order chi connectivity index (χ1) is 18.6. The second-order valence-corrected chi connectivity index (χ2v) is 9.32. The molecule has 3 aromatic carbocycles. The Kier molecular flexibility index (Phi) is 7.99. The molecule has 0 radical (unpaired) electrons. The summed E-state index contributed by atoms with van der Waals surface area (Å²) in [5.74, 6) is -0.842. The number of nitrogens with zero attached hydrogens (tertiary/aromatic N) is 1. The Balaban J connectivity index is 1.06. The van der Waals surface area contributed by atoms with Crippen molar-refractivity contribution in [1.29, 1.82) is 0 Å². The monoisotopic (exact) mass is 514 g/mol. The van der Waals surface area contributed by atoms with Crippen LogP contribution in [0, 0.1) is 0 Å². The number of ether oxygens (including phenoxy) is 3. The molecule has 1 heterocycles. The maximum absolute atomic E-state index is 12.8. The highest BCUT2D eigenvalue weighted by Crippen LogP contribution is 2.44. The largest absolute Gasteiger partial charge is 0.459 e. The molecule has 5 rings (SSSR count). The summed E-state index contributed by atoms with van der Waals surface area (Å²) in [6.45, 7) is 0.375. The lowest BCUT2D eigenvalue weighted by molar-refractivity contribution is -0.160. The van der Waals surface area contributed by atoms with Crippen LogP contribution in [0.5, 0.6) is 0 Å². The Bertz CT molecular complexity index is 1250. The van der Waals surface area contributed by atoms with Gasteiger partial charge in [-0.05, 0) is 40.7 Å². The van der Waals surface area contributed by atoms with E-state index in [9.17, 15) is 14.4 Å². The fraction of sp³-hybridized carbons (Fsp3) is 0.300. The fourth-order valence-electron chi connectivity index (χ4n) is 5.04. The number of alkyl carbamates (subject to hydrolysis) is 1. The lowest BCUT2D eigenvalue weighted by Gasteiger charge is -2.24. The summed E-state index contributed by atoms with van der Waals surface area (Å²) in [6, 6.07) is 25.6. The van der Waals surface area contributed by atoms with E-state index in [0.717, 1.165) is 34.2 Å². The van der Waals surface area contributed by atoms with Gasteiger partial charge in [0.05, 0.1) is 0 Å². The second-order valence-electron chi connectivity index (χ2n) is 9.32. The zero-order chi connectivity index (χ0) is 26.3. The first kappa shape index (κ1) is 25.5. The van der Waals surface area contributed by atoms with Gasteiger partial charge in [-0.25, -0.2) is 9.59 Å². The Morgan fingerprint density at radius 2 is 1.50 bits per heavy atom. The highest BCUT2D eigenvalue weighted by Gasteiger charge is 2.31. The van der Waals surface area contributed by atoms with Crippen molar-refractivity contribution in [2.75, 3.05) is 26.3 Å². The van der Waals surface area contributed by atoms with E-state index in [2.05, 4.69) is 29.6 Å². The summed E-state index contributed by atoms with van der Waals surface area (Å²) >= 11 is 0. The molecule has 1 atom stereocenters. The molecular weight excluding hydrogens is 484 g/mol. The maximum Gasteiger partial charge on any atom is 0.407 e. The molecule has 1 fully saturated rings. The number of likely N-dealkylation sites (tertiary alicyclic amines) is 1. The molecule has 0 bridgehead atoms. The summed E-state index contributed by atoms with van der Waals surface area (Å²) in [5, 5.41) is 2.56. The molecule has 1 unspecified atom stereocenters. The minimum atomic E-state index is -0.652. The molecule has 2 amide bonds. The molecule has 0 saturated carbocycles. The van der Waals surface area contributed by atoms with Crippen LogP contribution in [0.1, 0.15) is 35.4 Å². The molecule has 196 valence electrons. The summed E-state index contributed by atoms with van der Waals surface area (Å²) < 4.78 is 16.4. The summed E-state index contributed by atoms with van der Waals surface area (Å²) in [7, 11) is 0. The molecule has 2 aliphatic rings. The van der Waals surface area contributed by atoms with Crippen LogP contribution in [0.25, 0.3) is 11.1 Å². The highest BCUT2D eigenvalue weighted by atomic mass is 16.6. The molecule has 8 heteroatoms. The minimum absolute atomic E-state index is 0.0538. The Morgan fingerprint density at radius 1 is 0.842 bits per heavy atom. The molecule has 1 N–H and O–H groups in total. The van der Waals surface area contributed by atoms with Gasteiger partial charge in [0.25, 0.3) is 0 Å². The molecule has 1 saturated heterocycles. The van der Waals surface area contributed by atoms with Crippen LogP contribution >= 0.6 is 0 Å². The van der Waals surface area contributed by atoms with Crippen molar-refractivity contribution in [2.24, 2.45) is 0 Å². The van der Waals surface area contributed by atoms with Crippen LogP contribution in [0.2, 0.25) is 0 Å². The van der Waals surface area contributed by atoms with Gasteiger partial charge in [-0.2, -0.15) is 0 Å². The number of benzene rings is 3. The molecule has 1 aliphatic carbocycles. The predicted molar refractivity (Wildman–Crippen MR) is 140 cm³/mol. The molecule has 0 aromatic heterocycles. The van der Waals surface area contributed by atoms with Gasteiger partial charge in [0, 0.05) is 12.5 Å². The number of hydrogen-bond acceptors (Lipinski definition) is 6. The number of rotatable bonds is 9. The van der Waals surface area contributed by atoms with Gasteiger partial charge in [0.1, 0.15) is 32.6 Å². The highest BCUT2D eigenvalue weighted by molar-refractivity contribution is 5.83. The van der Waals surface area contributed by atoms with Gasteiger partial charge in [-0.3, -0.25) is 4.79 Å². The van der Waals surface area contributed by atoms with Crippen molar-refractivity contribution in [3.63, 3.8) is 0 Å². The van der Waals surface area contributed by atoms with E-state index in [1.165, 1.54) is 4.90 Å². The van der Waals surface area contributed by atoms with E-state index < -0.39 is 18.3 Å². The number of nitrogens with one attached hydrogen (secondary N) is 1. The Morgan fingerprint density at radius 3 is 2.21 bits per heavy atom. The van der Waals surface area contributed by atoms with Crippen LogP contribution in [-0.2, 0) is 30.4 Å². The van der Waals surface area contributed by atoms with E-state index in [-0.39, 0.29) is 38.2 Å². The molecular formula is C30H30N2O6. The second kappa shape index (κ2) is 11.9. The van der Waals surface area contributed by atoms with E-state index in [1.807, 2.05) is 54.6 Å². The average molecular weight is 515 g/mol. The van der Waals surface area contributed by atoms with Crippen molar-refractivity contribution < 1.29 is 28.6 Å². The number of hydrogen-bond donors (Lipinski definition) is 1. The number of carbonyl (C=O) groups excluding carboxylic acids is 3. The smallest absolute Gasteiger partial charge is 0.407 e. The minimum Gasteiger partial charge on any atom is -0.459 e. The lowest BCUT2D eigenvalue weighted by atomic mass is 9.98. The van der Waals surface area contributed by atoms with Crippen molar-refractivity contribution in [1.82, 2.24) is 10.2 Å². The van der Waals surface area contributed by atoms with Crippen molar-refractivity contribution in [3.05, 3.63) is 95.6 Å². The zero-order valence-corrected chi connectivity index (χ0v) is 21.0. The van der Waals surface area contributed by atoms with Gasteiger partial charge in [-0.1, -0.05) is 78.9 Å². The van der Waals surface area contributed by atoms with E-state index in [0.29, 0.717) is 13.0 Å². The molecule has 1 aliphatic heterocycles. The third-order valence-electron chi connectivity index (χ3n) is 6.88. The quantitative estimate of drug-likeness (QED) is 0.430. The lowest BCUT2D eigenvalue weighted by Crippen LogP contribution is -2.44. The first-order valence-electron chi connectivity index (χ1n) is 12.8. The van der Waals surface area contributed by atoms with Crippen LogP contribution in [0.4, 0.5) is 4.79 Å². The van der Waals surface area contributed by atoms with Crippen LogP contribution in [-0.4, -0.2) is 55.4 Å². The van der Waals surface area contributed by atoms with E-state index in [4.69, 9.17) is 14.2 Å². The zero-order valence-electron chi connectivity index (χ0n) is 21.0. The topological polar surface area (TPSA) is 94.2 Å². The van der Waals surface area contributed by atoms with E-state index >= 15 is 0 Å². The maximum atomic E-state index is 12.8. The third-order valence-corrected chi connectivity index (χ3v) is 6.88. The summed E-state index contributed by atoms with van der Waals surface area (Å²) in [5.41, 5.74) is 5.43. The van der Waals surface area contributed by atoms with Crippen molar-refractivity contribution in [2.45, 2.75) is 31.6 Å². The van der Waals surface area contributed by atoms with Gasteiger partial charge < -0.3 is 24.4 Å². The summed E-state index contributed by atoms with van der Waals surface area (Å²) in [4.78, 5) is 38.8. The van der Waals surface area contributed by atoms with Crippen LogP contribution in [0.15, 0.2) is 78.9 Å². The standard InChI is InChI=1S/C30H30N2O6/c33-27(32-16-8-15-28(32)36-20-29(34)37-18-21-9-2-1-3-10-21)17-31-30(35)38-19-26-24-13-6-4-11-22(24)23-12-5-7-14-25(23)26/h1-7,9-14,26,28H,8,15-20H2,(H,31,35). The number of carbonyl (C=O) groups is 3. The SMILES string of the molecule is O=C(COC1CCCN1C(=O)CNC(=O)OCC1c2ccccc2-c2ccccc21)OCc1ccccc1. The van der Waals surface area contributed by atoms with E-state index in [1.54, 1.807) is 0 Å². The Labute approximate surface area is 221 Å². The van der Waals surface area contributed by atoms with Crippen molar-refractivity contribution >= 4 is 18.0 Å². The summed E-state index contributed by atoms with van der Waals surface area (Å²) in [6.07, 6.45) is 0.181. The normalized spacial score (nSPS) is 16.0. The average Bonchev–Trinajstić information content (AvgIpc) is 3.56.